The van der Waals surface area contributed by atoms with Gasteiger partial charge < -0.3 is 0 Å². The highest BCUT2D eigenvalue weighted by molar-refractivity contribution is 9.10. The molecule has 0 saturated carbocycles. The Hall–Kier alpha value is -1.41. The minimum atomic E-state index is 0.157. The van der Waals surface area contributed by atoms with Gasteiger partial charge in [-0.05, 0) is 31.5 Å². The number of hydrogen-bond acceptors (Lipinski definition) is 1. The third kappa shape index (κ3) is 3.08. The van der Waals surface area contributed by atoms with Crippen molar-refractivity contribution in [2.24, 2.45) is 0 Å². The summed E-state index contributed by atoms with van der Waals surface area (Å²) in [6, 6.07) is 13.8. The first kappa shape index (κ1) is 13.0. The molecule has 0 unspecified atom stereocenters. The summed E-state index contributed by atoms with van der Waals surface area (Å²) in [5, 5.41) is 0. The van der Waals surface area contributed by atoms with E-state index in [0.717, 1.165) is 21.2 Å². The lowest BCUT2D eigenvalue weighted by Gasteiger charge is -2.06. The van der Waals surface area contributed by atoms with Gasteiger partial charge in [0.1, 0.15) is 0 Å². The summed E-state index contributed by atoms with van der Waals surface area (Å²) in [7, 11) is 0. The van der Waals surface area contributed by atoms with E-state index in [-0.39, 0.29) is 5.78 Å². The van der Waals surface area contributed by atoms with Gasteiger partial charge in [-0.2, -0.15) is 0 Å². The number of benzene rings is 2. The number of ketones is 1. The second-order valence-corrected chi connectivity index (χ2v) is 5.42. The molecule has 0 spiro atoms. The predicted molar refractivity (Wildman–Crippen MR) is 78.1 cm³/mol. The highest BCUT2D eigenvalue weighted by atomic mass is 79.9. The smallest absolute Gasteiger partial charge is 0.167 e. The van der Waals surface area contributed by atoms with Crippen molar-refractivity contribution >= 4 is 21.7 Å². The van der Waals surface area contributed by atoms with Gasteiger partial charge in [-0.3, -0.25) is 4.79 Å². The predicted octanol–water partition coefficient (Wildman–Crippen LogP) is 4.49. The molecule has 0 atom stereocenters. The van der Waals surface area contributed by atoms with Crippen molar-refractivity contribution in [1.29, 1.82) is 0 Å². The fourth-order valence-electron chi connectivity index (χ4n) is 1.93. The molecular formula is C16H15BrO. The van der Waals surface area contributed by atoms with E-state index in [1.807, 2.05) is 50.2 Å². The van der Waals surface area contributed by atoms with Crippen LogP contribution in [-0.4, -0.2) is 5.78 Å². The summed E-state index contributed by atoms with van der Waals surface area (Å²) < 4.78 is 0.995. The van der Waals surface area contributed by atoms with Crippen LogP contribution in [0.5, 0.6) is 0 Å². The zero-order chi connectivity index (χ0) is 13.1. The molecular weight excluding hydrogens is 288 g/mol. The third-order valence-corrected chi connectivity index (χ3v) is 3.67. The first-order chi connectivity index (χ1) is 8.56. The summed E-state index contributed by atoms with van der Waals surface area (Å²) >= 11 is 3.49. The molecule has 0 radical (unpaired) electrons. The molecule has 2 rings (SSSR count). The molecule has 0 aliphatic heterocycles. The highest BCUT2D eigenvalue weighted by Gasteiger charge is 2.09. The lowest BCUT2D eigenvalue weighted by atomic mass is 10.0. The lowest BCUT2D eigenvalue weighted by molar-refractivity contribution is 0.0992. The van der Waals surface area contributed by atoms with Crippen LogP contribution in [0.4, 0.5) is 0 Å². The van der Waals surface area contributed by atoms with Gasteiger partial charge in [0.15, 0.2) is 5.78 Å². The molecule has 2 aromatic carbocycles. The fourth-order valence-corrected chi connectivity index (χ4v) is 2.32. The van der Waals surface area contributed by atoms with E-state index in [4.69, 9.17) is 0 Å². The summed E-state index contributed by atoms with van der Waals surface area (Å²) in [5.74, 6) is 0.157. The van der Waals surface area contributed by atoms with E-state index in [9.17, 15) is 4.79 Å². The number of carbonyl (C=O) groups is 1. The SMILES string of the molecule is Cc1cccc(C(=O)Cc2cc(C)ccc2Br)c1. The first-order valence-corrected chi connectivity index (χ1v) is 6.70. The Morgan fingerprint density at radius 3 is 2.50 bits per heavy atom. The monoisotopic (exact) mass is 302 g/mol. The molecule has 0 saturated heterocycles. The maximum Gasteiger partial charge on any atom is 0.167 e. The Balaban J connectivity index is 2.24. The van der Waals surface area contributed by atoms with Crippen LogP contribution in [0.25, 0.3) is 0 Å². The standard InChI is InChI=1S/C16H15BrO/c1-11-4-3-5-13(8-11)16(18)10-14-9-12(2)6-7-15(14)17/h3-9H,10H2,1-2H3. The molecule has 0 aromatic heterocycles. The Morgan fingerprint density at radius 2 is 1.78 bits per heavy atom. The molecule has 0 fully saturated rings. The topological polar surface area (TPSA) is 17.1 Å². The van der Waals surface area contributed by atoms with Gasteiger partial charge in [0, 0.05) is 16.5 Å². The van der Waals surface area contributed by atoms with E-state index in [1.165, 1.54) is 5.56 Å². The molecule has 0 heterocycles. The van der Waals surface area contributed by atoms with E-state index in [0.29, 0.717) is 6.42 Å². The Bertz CT molecular complexity index is 587. The van der Waals surface area contributed by atoms with Crippen LogP contribution >= 0.6 is 15.9 Å². The Morgan fingerprint density at radius 1 is 1.06 bits per heavy atom. The van der Waals surface area contributed by atoms with Crippen LogP contribution in [0.2, 0.25) is 0 Å². The molecule has 18 heavy (non-hydrogen) atoms. The summed E-state index contributed by atoms with van der Waals surface area (Å²) in [4.78, 5) is 12.2. The van der Waals surface area contributed by atoms with Crippen LogP contribution in [0.15, 0.2) is 46.9 Å². The van der Waals surface area contributed by atoms with E-state index >= 15 is 0 Å². The van der Waals surface area contributed by atoms with Gasteiger partial charge in [-0.25, -0.2) is 0 Å². The average Bonchev–Trinajstić information content (AvgIpc) is 2.34. The molecule has 0 aliphatic rings. The lowest BCUT2D eigenvalue weighted by Crippen LogP contribution is -2.04. The zero-order valence-electron chi connectivity index (χ0n) is 10.5. The molecule has 0 aliphatic carbocycles. The van der Waals surface area contributed by atoms with Crippen molar-refractivity contribution in [3.05, 3.63) is 69.2 Å². The van der Waals surface area contributed by atoms with Crippen molar-refractivity contribution in [2.75, 3.05) is 0 Å². The van der Waals surface area contributed by atoms with Gasteiger partial charge >= 0.3 is 0 Å². The van der Waals surface area contributed by atoms with Crippen LogP contribution in [0.1, 0.15) is 27.0 Å². The van der Waals surface area contributed by atoms with Crippen molar-refractivity contribution in [2.45, 2.75) is 20.3 Å². The minimum absolute atomic E-state index is 0.157. The quantitative estimate of drug-likeness (QED) is 0.763. The van der Waals surface area contributed by atoms with Gasteiger partial charge in [0.2, 0.25) is 0 Å². The highest BCUT2D eigenvalue weighted by Crippen LogP contribution is 2.20. The number of rotatable bonds is 3. The molecule has 2 aromatic rings. The number of hydrogen-bond donors (Lipinski definition) is 0. The number of aryl methyl sites for hydroxylation is 2. The zero-order valence-corrected chi connectivity index (χ0v) is 12.1. The van der Waals surface area contributed by atoms with Crippen LogP contribution in [0.3, 0.4) is 0 Å². The number of halogens is 1. The Labute approximate surface area is 116 Å². The molecule has 1 nitrogen and oxygen atoms in total. The third-order valence-electron chi connectivity index (χ3n) is 2.89. The van der Waals surface area contributed by atoms with Crippen LogP contribution in [0, 0.1) is 13.8 Å². The van der Waals surface area contributed by atoms with Gasteiger partial charge in [-0.15, -0.1) is 0 Å². The molecule has 92 valence electrons. The first-order valence-electron chi connectivity index (χ1n) is 5.91. The molecule has 0 N–H and O–H groups in total. The second-order valence-electron chi connectivity index (χ2n) is 4.56. The fraction of sp³-hybridized carbons (Fsp3) is 0.188. The molecule has 2 heteroatoms. The average molecular weight is 303 g/mol. The van der Waals surface area contributed by atoms with Crippen molar-refractivity contribution in [3.63, 3.8) is 0 Å². The molecule has 0 amide bonds. The van der Waals surface area contributed by atoms with E-state index < -0.39 is 0 Å². The van der Waals surface area contributed by atoms with Crippen molar-refractivity contribution in [1.82, 2.24) is 0 Å². The van der Waals surface area contributed by atoms with Gasteiger partial charge in [0.25, 0.3) is 0 Å². The number of carbonyl (C=O) groups excluding carboxylic acids is 1. The van der Waals surface area contributed by atoms with Gasteiger partial charge in [0.05, 0.1) is 0 Å². The summed E-state index contributed by atoms with van der Waals surface area (Å²) in [5.41, 5.74) is 4.11. The van der Waals surface area contributed by atoms with Crippen LogP contribution < -0.4 is 0 Å². The summed E-state index contributed by atoms with van der Waals surface area (Å²) in [6.45, 7) is 4.03. The van der Waals surface area contributed by atoms with Gasteiger partial charge in [-0.1, -0.05) is 57.4 Å². The molecule has 0 bridgehead atoms. The van der Waals surface area contributed by atoms with E-state index in [1.54, 1.807) is 0 Å². The number of Topliss-reactive ketones (excluding diaryl/α,β-unsaturated/α-hetero) is 1. The second kappa shape index (κ2) is 5.49. The largest absolute Gasteiger partial charge is 0.294 e. The maximum absolute atomic E-state index is 12.2. The van der Waals surface area contributed by atoms with Crippen LogP contribution in [-0.2, 0) is 6.42 Å². The van der Waals surface area contributed by atoms with E-state index in [2.05, 4.69) is 22.0 Å². The maximum atomic E-state index is 12.2. The normalized spacial score (nSPS) is 10.4. The summed E-state index contributed by atoms with van der Waals surface area (Å²) in [6.07, 6.45) is 0.436. The van der Waals surface area contributed by atoms with Crippen molar-refractivity contribution < 1.29 is 4.79 Å². The minimum Gasteiger partial charge on any atom is -0.294 e. The van der Waals surface area contributed by atoms with Crippen molar-refractivity contribution in [3.8, 4) is 0 Å². The Kier molecular flexibility index (Phi) is 3.97.